The number of unbranched alkanes of at least 4 members (excludes halogenated alkanes) is 1. The van der Waals surface area contributed by atoms with E-state index in [9.17, 15) is 9.59 Å². The summed E-state index contributed by atoms with van der Waals surface area (Å²) in [6.07, 6.45) is 5.33. The van der Waals surface area contributed by atoms with Gasteiger partial charge in [-0.3, -0.25) is 0 Å². The van der Waals surface area contributed by atoms with Crippen molar-refractivity contribution in [2.45, 2.75) is 46.1 Å². The minimum atomic E-state index is -0.715. The molecule has 8 nitrogen and oxygen atoms in total. The molecule has 204 valence electrons. The molecule has 0 unspecified atom stereocenters. The standard InChI is InChI=1S/C30H37NO7/c1-6-9-16-38-25-13-11-10-12-22(25)28-23(29(32)36-7-2)19-31(20-24(28)30(33)37-8-3)18-21-14-15-26(34-4)27(17-21)35-5/h10-15,17,19-20,28H,6-9,16,18H2,1-5H3. The molecule has 0 saturated heterocycles. The van der Waals surface area contributed by atoms with Crippen molar-refractivity contribution in [3.05, 3.63) is 77.1 Å². The van der Waals surface area contributed by atoms with E-state index in [1.807, 2.05) is 42.5 Å². The van der Waals surface area contributed by atoms with Gasteiger partial charge in [0.2, 0.25) is 0 Å². The van der Waals surface area contributed by atoms with Crippen LogP contribution in [0.1, 0.15) is 50.7 Å². The SMILES string of the molecule is CCCCOc1ccccc1C1C(C(=O)OCC)=CN(Cc2ccc(OC)c(OC)c2)C=C1C(=O)OCC. The third-order valence-electron chi connectivity index (χ3n) is 6.05. The first kappa shape index (κ1) is 28.6. The summed E-state index contributed by atoms with van der Waals surface area (Å²) in [5.74, 6) is 0.0841. The maximum atomic E-state index is 13.3. The molecule has 3 rings (SSSR count). The van der Waals surface area contributed by atoms with Crippen LogP contribution in [0, 0.1) is 0 Å². The van der Waals surface area contributed by atoms with E-state index < -0.39 is 17.9 Å². The van der Waals surface area contributed by atoms with Crippen LogP contribution in [0.5, 0.6) is 17.2 Å². The zero-order valence-electron chi connectivity index (χ0n) is 22.8. The molecule has 1 aliphatic heterocycles. The molecule has 0 bridgehead atoms. The first-order valence-corrected chi connectivity index (χ1v) is 12.9. The largest absolute Gasteiger partial charge is 0.493 e. The second-order valence-corrected chi connectivity index (χ2v) is 8.64. The predicted octanol–water partition coefficient (Wildman–Crippen LogP) is 5.38. The van der Waals surface area contributed by atoms with Gasteiger partial charge in [-0.05, 0) is 44.0 Å². The van der Waals surface area contributed by atoms with Crippen LogP contribution < -0.4 is 14.2 Å². The molecular formula is C30H37NO7. The molecule has 0 aliphatic carbocycles. The summed E-state index contributed by atoms with van der Waals surface area (Å²) in [6, 6.07) is 13.0. The van der Waals surface area contributed by atoms with Crippen molar-refractivity contribution in [3.8, 4) is 17.2 Å². The highest BCUT2D eigenvalue weighted by Gasteiger charge is 2.37. The van der Waals surface area contributed by atoms with Crippen LogP contribution in [-0.4, -0.2) is 50.9 Å². The molecule has 0 radical (unpaired) electrons. The van der Waals surface area contributed by atoms with Crippen LogP contribution in [0.3, 0.4) is 0 Å². The predicted molar refractivity (Wildman–Crippen MR) is 144 cm³/mol. The number of nitrogens with zero attached hydrogens (tertiary/aromatic N) is 1. The van der Waals surface area contributed by atoms with Gasteiger partial charge in [0.25, 0.3) is 0 Å². The van der Waals surface area contributed by atoms with Gasteiger partial charge in [0.1, 0.15) is 5.75 Å². The van der Waals surface area contributed by atoms with E-state index in [1.54, 1.807) is 45.4 Å². The molecule has 0 atom stereocenters. The third kappa shape index (κ3) is 6.88. The third-order valence-corrected chi connectivity index (χ3v) is 6.05. The highest BCUT2D eigenvalue weighted by atomic mass is 16.5. The van der Waals surface area contributed by atoms with Crippen LogP contribution >= 0.6 is 0 Å². The second kappa shape index (κ2) is 14.1. The minimum Gasteiger partial charge on any atom is -0.493 e. The van der Waals surface area contributed by atoms with Gasteiger partial charge >= 0.3 is 11.9 Å². The number of para-hydroxylation sites is 1. The first-order valence-electron chi connectivity index (χ1n) is 12.9. The lowest BCUT2D eigenvalue weighted by Gasteiger charge is -2.31. The van der Waals surface area contributed by atoms with Gasteiger partial charge in [-0.2, -0.15) is 0 Å². The van der Waals surface area contributed by atoms with Crippen molar-refractivity contribution in [3.63, 3.8) is 0 Å². The Morgan fingerprint density at radius 1 is 0.816 bits per heavy atom. The Balaban J connectivity index is 2.09. The Hall–Kier alpha value is -3.94. The van der Waals surface area contributed by atoms with Crippen molar-refractivity contribution >= 4 is 11.9 Å². The fourth-order valence-electron chi connectivity index (χ4n) is 4.27. The molecule has 2 aromatic carbocycles. The zero-order valence-corrected chi connectivity index (χ0v) is 22.8. The van der Waals surface area contributed by atoms with Crippen LogP contribution in [0.4, 0.5) is 0 Å². The van der Waals surface area contributed by atoms with E-state index in [-0.39, 0.29) is 13.2 Å². The fourth-order valence-corrected chi connectivity index (χ4v) is 4.27. The number of benzene rings is 2. The molecule has 1 heterocycles. The van der Waals surface area contributed by atoms with Gasteiger partial charge in [-0.25, -0.2) is 9.59 Å². The number of rotatable bonds is 13. The van der Waals surface area contributed by atoms with Crippen LogP contribution in [0.2, 0.25) is 0 Å². The van der Waals surface area contributed by atoms with Gasteiger partial charge < -0.3 is 28.6 Å². The molecule has 8 heteroatoms. The normalized spacial score (nSPS) is 13.3. The summed E-state index contributed by atoms with van der Waals surface area (Å²) >= 11 is 0. The maximum absolute atomic E-state index is 13.3. The number of hydrogen-bond donors (Lipinski definition) is 0. The smallest absolute Gasteiger partial charge is 0.336 e. The first-order chi connectivity index (χ1) is 18.5. The van der Waals surface area contributed by atoms with Crippen molar-refractivity contribution in [1.29, 1.82) is 0 Å². The van der Waals surface area contributed by atoms with Crippen LogP contribution in [0.25, 0.3) is 0 Å². The summed E-state index contributed by atoms with van der Waals surface area (Å²) in [7, 11) is 3.15. The number of carbonyl (C=O) groups is 2. The number of esters is 2. The fraction of sp³-hybridized carbons (Fsp3) is 0.400. The molecule has 0 fully saturated rings. The van der Waals surface area contributed by atoms with E-state index >= 15 is 0 Å². The van der Waals surface area contributed by atoms with E-state index in [1.165, 1.54) is 0 Å². The molecule has 38 heavy (non-hydrogen) atoms. The number of methoxy groups -OCH3 is 2. The zero-order chi connectivity index (χ0) is 27.5. The average molecular weight is 524 g/mol. The number of carbonyl (C=O) groups excluding carboxylic acids is 2. The Bertz CT molecular complexity index is 1130. The highest BCUT2D eigenvalue weighted by Crippen LogP contribution is 2.41. The molecule has 2 aromatic rings. The summed E-state index contributed by atoms with van der Waals surface area (Å²) in [6.45, 7) is 6.89. The highest BCUT2D eigenvalue weighted by molar-refractivity contribution is 5.99. The summed E-state index contributed by atoms with van der Waals surface area (Å²) in [5.41, 5.74) is 2.24. The Kier molecular flexibility index (Phi) is 10.6. The minimum absolute atomic E-state index is 0.200. The van der Waals surface area contributed by atoms with E-state index in [4.69, 9.17) is 23.7 Å². The van der Waals surface area contributed by atoms with Crippen LogP contribution in [0.15, 0.2) is 66.0 Å². The lowest BCUT2D eigenvalue weighted by Crippen LogP contribution is -2.29. The van der Waals surface area contributed by atoms with E-state index in [2.05, 4.69) is 6.92 Å². The summed E-state index contributed by atoms with van der Waals surface area (Å²) in [5, 5.41) is 0. The Labute approximate surface area is 224 Å². The lowest BCUT2D eigenvalue weighted by atomic mass is 9.82. The van der Waals surface area contributed by atoms with Crippen molar-refractivity contribution in [2.75, 3.05) is 34.0 Å². The Morgan fingerprint density at radius 3 is 2.03 bits per heavy atom. The second-order valence-electron chi connectivity index (χ2n) is 8.64. The molecule has 0 saturated carbocycles. The number of ether oxygens (including phenoxy) is 5. The van der Waals surface area contributed by atoms with Gasteiger partial charge in [0, 0.05) is 24.5 Å². The lowest BCUT2D eigenvalue weighted by molar-refractivity contribution is -0.139. The molecule has 0 amide bonds. The van der Waals surface area contributed by atoms with E-state index in [0.717, 1.165) is 18.4 Å². The average Bonchev–Trinajstić information content (AvgIpc) is 2.93. The van der Waals surface area contributed by atoms with Crippen molar-refractivity contribution < 1.29 is 33.3 Å². The topological polar surface area (TPSA) is 83.5 Å². The summed E-state index contributed by atoms with van der Waals surface area (Å²) in [4.78, 5) is 28.4. The molecule has 0 spiro atoms. The molecular weight excluding hydrogens is 486 g/mol. The van der Waals surface area contributed by atoms with Crippen LogP contribution in [-0.2, 0) is 25.6 Å². The summed E-state index contributed by atoms with van der Waals surface area (Å²) < 4.78 is 27.7. The molecule has 0 aromatic heterocycles. The Morgan fingerprint density at radius 2 is 1.45 bits per heavy atom. The van der Waals surface area contributed by atoms with Gasteiger partial charge in [0.15, 0.2) is 11.5 Å². The maximum Gasteiger partial charge on any atom is 0.336 e. The molecule has 0 N–H and O–H groups in total. The van der Waals surface area contributed by atoms with Crippen molar-refractivity contribution in [2.24, 2.45) is 0 Å². The van der Waals surface area contributed by atoms with Gasteiger partial charge in [0.05, 0.1) is 51.1 Å². The van der Waals surface area contributed by atoms with Gasteiger partial charge in [-0.1, -0.05) is 37.6 Å². The van der Waals surface area contributed by atoms with Gasteiger partial charge in [-0.15, -0.1) is 0 Å². The molecule has 1 aliphatic rings. The monoisotopic (exact) mass is 523 g/mol. The van der Waals surface area contributed by atoms with E-state index in [0.29, 0.717) is 47.1 Å². The quantitative estimate of drug-likeness (QED) is 0.256. The van der Waals surface area contributed by atoms with Crippen molar-refractivity contribution in [1.82, 2.24) is 4.90 Å². The number of hydrogen-bond acceptors (Lipinski definition) is 8.